The first-order valence-corrected chi connectivity index (χ1v) is 6.83. The molecule has 0 aliphatic carbocycles. The van der Waals surface area contributed by atoms with Crippen LogP contribution in [0.15, 0.2) is 12.4 Å². The standard InChI is InChI=1S/C13H18ClN5/c1-3-4-11-18-12(14)9(2)13(19-11)17-6-5-10-15-7-8-16-10/h7-8H,3-6H2,1-2H3,(H,15,16)(H,17,18,19). The molecule has 0 amide bonds. The van der Waals surface area contributed by atoms with Crippen molar-refractivity contribution in [1.82, 2.24) is 19.9 Å². The highest BCUT2D eigenvalue weighted by Crippen LogP contribution is 2.20. The van der Waals surface area contributed by atoms with E-state index in [0.29, 0.717) is 5.15 Å². The minimum absolute atomic E-state index is 0.527. The van der Waals surface area contributed by atoms with Crippen molar-refractivity contribution in [2.75, 3.05) is 11.9 Å². The normalized spacial score (nSPS) is 10.7. The summed E-state index contributed by atoms with van der Waals surface area (Å²) in [5.41, 5.74) is 0.890. The van der Waals surface area contributed by atoms with Gasteiger partial charge in [0, 0.05) is 37.3 Å². The topological polar surface area (TPSA) is 66.5 Å². The second kappa shape index (κ2) is 6.52. The first-order chi connectivity index (χ1) is 9.20. The molecule has 2 N–H and O–H groups in total. The third-order valence-corrected chi connectivity index (χ3v) is 3.18. The smallest absolute Gasteiger partial charge is 0.137 e. The zero-order valence-corrected chi connectivity index (χ0v) is 12.0. The quantitative estimate of drug-likeness (QED) is 0.798. The second-order valence-electron chi connectivity index (χ2n) is 4.37. The van der Waals surface area contributed by atoms with Gasteiger partial charge in [-0.25, -0.2) is 15.0 Å². The number of aryl methyl sites for hydroxylation is 1. The Bertz CT molecular complexity index is 524. The maximum atomic E-state index is 6.12. The van der Waals surface area contributed by atoms with Gasteiger partial charge >= 0.3 is 0 Å². The van der Waals surface area contributed by atoms with Crippen LogP contribution >= 0.6 is 11.6 Å². The zero-order valence-electron chi connectivity index (χ0n) is 11.2. The lowest BCUT2D eigenvalue weighted by Gasteiger charge is -2.10. The van der Waals surface area contributed by atoms with E-state index in [0.717, 1.165) is 48.8 Å². The molecule has 2 aromatic rings. The van der Waals surface area contributed by atoms with E-state index in [1.807, 2.05) is 13.1 Å². The first-order valence-electron chi connectivity index (χ1n) is 6.45. The van der Waals surface area contributed by atoms with Crippen LogP contribution in [0.2, 0.25) is 5.15 Å². The van der Waals surface area contributed by atoms with Crippen LogP contribution in [0.25, 0.3) is 0 Å². The van der Waals surface area contributed by atoms with E-state index < -0.39 is 0 Å². The third-order valence-electron chi connectivity index (χ3n) is 2.82. The lowest BCUT2D eigenvalue weighted by molar-refractivity contribution is 0.827. The first kappa shape index (κ1) is 13.8. The summed E-state index contributed by atoms with van der Waals surface area (Å²) in [6.45, 7) is 4.78. The van der Waals surface area contributed by atoms with Gasteiger partial charge in [-0.2, -0.15) is 0 Å². The van der Waals surface area contributed by atoms with Gasteiger partial charge in [0.05, 0.1) is 0 Å². The molecule has 102 valence electrons. The van der Waals surface area contributed by atoms with Crippen LogP contribution in [0, 0.1) is 6.92 Å². The fraction of sp³-hybridized carbons (Fsp3) is 0.462. The zero-order chi connectivity index (χ0) is 13.7. The van der Waals surface area contributed by atoms with Crippen LogP contribution in [-0.4, -0.2) is 26.5 Å². The summed E-state index contributed by atoms with van der Waals surface area (Å²) < 4.78 is 0. The number of H-pyrrole nitrogens is 1. The molecule has 5 nitrogen and oxygen atoms in total. The van der Waals surface area contributed by atoms with Crippen molar-refractivity contribution in [2.45, 2.75) is 33.1 Å². The van der Waals surface area contributed by atoms with Crippen molar-refractivity contribution >= 4 is 17.4 Å². The highest BCUT2D eigenvalue weighted by atomic mass is 35.5. The molecule has 0 aliphatic heterocycles. The molecular formula is C13H18ClN5. The molecule has 0 fully saturated rings. The molecule has 0 saturated heterocycles. The van der Waals surface area contributed by atoms with E-state index in [9.17, 15) is 0 Å². The molecule has 2 aromatic heterocycles. The molecule has 0 atom stereocenters. The van der Waals surface area contributed by atoms with Gasteiger partial charge in [-0.3, -0.25) is 0 Å². The Morgan fingerprint density at radius 2 is 2.16 bits per heavy atom. The van der Waals surface area contributed by atoms with Crippen molar-refractivity contribution in [3.63, 3.8) is 0 Å². The van der Waals surface area contributed by atoms with E-state index in [1.54, 1.807) is 6.20 Å². The molecule has 0 unspecified atom stereocenters. The van der Waals surface area contributed by atoms with Crippen molar-refractivity contribution in [1.29, 1.82) is 0 Å². The second-order valence-corrected chi connectivity index (χ2v) is 4.72. The van der Waals surface area contributed by atoms with Gasteiger partial charge in [0.2, 0.25) is 0 Å². The molecule has 19 heavy (non-hydrogen) atoms. The summed E-state index contributed by atoms with van der Waals surface area (Å²) in [6, 6.07) is 0. The molecule has 2 heterocycles. The summed E-state index contributed by atoms with van der Waals surface area (Å²) in [5, 5.41) is 3.82. The average molecular weight is 280 g/mol. The van der Waals surface area contributed by atoms with Crippen LogP contribution in [0.3, 0.4) is 0 Å². The Hall–Kier alpha value is -1.62. The summed E-state index contributed by atoms with van der Waals surface area (Å²) in [7, 11) is 0. The van der Waals surface area contributed by atoms with Crippen LogP contribution in [0.1, 0.15) is 30.6 Å². The fourth-order valence-electron chi connectivity index (χ4n) is 1.77. The minimum Gasteiger partial charge on any atom is -0.369 e. The number of aromatic nitrogens is 4. The number of imidazole rings is 1. The Morgan fingerprint density at radius 1 is 1.32 bits per heavy atom. The van der Waals surface area contributed by atoms with Crippen molar-refractivity contribution in [2.24, 2.45) is 0 Å². The van der Waals surface area contributed by atoms with Gasteiger partial charge < -0.3 is 10.3 Å². The largest absolute Gasteiger partial charge is 0.369 e. The molecule has 0 aliphatic rings. The number of halogens is 1. The van der Waals surface area contributed by atoms with Crippen molar-refractivity contribution in [3.8, 4) is 0 Å². The van der Waals surface area contributed by atoms with E-state index in [2.05, 4.69) is 32.2 Å². The number of rotatable bonds is 6. The molecular weight excluding hydrogens is 262 g/mol. The summed E-state index contributed by atoms with van der Waals surface area (Å²) >= 11 is 6.12. The average Bonchev–Trinajstić information content (AvgIpc) is 2.88. The van der Waals surface area contributed by atoms with Gasteiger partial charge in [0.25, 0.3) is 0 Å². The van der Waals surface area contributed by atoms with Crippen LogP contribution < -0.4 is 5.32 Å². The molecule has 2 rings (SSSR count). The molecule has 0 bridgehead atoms. The maximum Gasteiger partial charge on any atom is 0.137 e. The Kier molecular flexibility index (Phi) is 4.74. The van der Waals surface area contributed by atoms with Crippen LogP contribution in [0.4, 0.5) is 5.82 Å². The highest BCUT2D eigenvalue weighted by molar-refractivity contribution is 6.30. The van der Waals surface area contributed by atoms with Gasteiger partial charge in [-0.05, 0) is 13.3 Å². The molecule has 0 saturated carbocycles. The van der Waals surface area contributed by atoms with Crippen molar-refractivity contribution < 1.29 is 0 Å². The summed E-state index contributed by atoms with van der Waals surface area (Å²) in [4.78, 5) is 16.0. The summed E-state index contributed by atoms with van der Waals surface area (Å²) in [5.74, 6) is 2.56. The van der Waals surface area contributed by atoms with Gasteiger partial charge in [0.1, 0.15) is 22.6 Å². The highest BCUT2D eigenvalue weighted by Gasteiger charge is 2.08. The van der Waals surface area contributed by atoms with Gasteiger partial charge in [-0.1, -0.05) is 18.5 Å². The van der Waals surface area contributed by atoms with E-state index in [4.69, 9.17) is 11.6 Å². The van der Waals surface area contributed by atoms with E-state index >= 15 is 0 Å². The monoisotopic (exact) mass is 279 g/mol. The SMILES string of the molecule is CCCc1nc(Cl)c(C)c(NCCc2ncc[nH]2)n1. The fourth-order valence-corrected chi connectivity index (χ4v) is 1.96. The lowest BCUT2D eigenvalue weighted by atomic mass is 10.3. The van der Waals surface area contributed by atoms with Crippen LogP contribution in [0.5, 0.6) is 0 Å². The minimum atomic E-state index is 0.527. The number of hydrogen-bond acceptors (Lipinski definition) is 4. The van der Waals surface area contributed by atoms with Gasteiger partial charge in [-0.15, -0.1) is 0 Å². The van der Waals surface area contributed by atoms with Gasteiger partial charge in [0.15, 0.2) is 0 Å². The Balaban J connectivity index is 2.02. The Morgan fingerprint density at radius 3 is 2.84 bits per heavy atom. The third kappa shape index (κ3) is 3.67. The maximum absolute atomic E-state index is 6.12. The number of anilines is 1. The predicted octanol–water partition coefficient (Wildman–Crippen LogP) is 2.77. The number of nitrogens with one attached hydrogen (secondary N) is 2. The van der Waals surface area contributed by atoms with E-state index in [-0.39, 0.29) is 0 Å². The lowest BCUT2D eigenvalue weighted by Crippen LogP contribution is -2.11. The Labute approximate surface area is 117 Å². The summed E-state index contributed by atoms with van der Waals surface area (Å²) in [6.07, 6.45) is 6.23. The number of hydrogen-bond donors (Lipinski definition) is 2. The number of aromatic amines is 1. The molecule has 0 radical (unpaired) electrons. The van der Waals surface area contributed by atoms with Crippen LogP contribution in [-0.2, 0) is 12.8 Å². The molecule has 0 aromatic carbocycles. The van der Waals surface area contributed by atoms with E-state index in [1.165, 1.54) is 0 Å². The number of nitrogens with zero attached hydrogens (tertiary/aromatic N) is 3. The predicted molar refractivity (Wildman–Crippen MR) is 76.6 cm³/mol. The molecule has 0 spiro atoms. The van der Waals surface area contributed by atoms with Crippen molar-refractivity contribution in [3.05, 3.63) is 34.8 Å². The molecule has 6 heteroatoms.